The maximum absolute atomic E-state index is 12.8. The molecule has 7 nitrogen and oxygen atoms in total. The number of hydrogen-bond acceptors (Lipinski definition) is 6. The zero-order valence-electron chi connectivity index (χ0n) is 16.9. The van der Waals surface area contributed by atoms with Gasteiger partial charge in [0.2, 0.25) is 5.91 Å². The van der Waals surface area contributed by atoms with E-state index in [2.05, 4.69) is 9.88 Å². The predicted molar refractivity (Wildman–Crippen MR) is 112 cm³/mol. The number of ether oxygens (including phenoxy) is 1. The summed E-state index contributed by atoms with van der Waals surface area (Å²) in [7, 11) is 0. The molecule has 156 valence electrons. The molecule has 0 radical (unpaired) electrons. The third-order valence-corrected chi connectivity index (χ3v) is 6.45. The minimum absolute atomic E-state index is 0.0372. The van der Waals surface area contributed by atoms with Crippen LogP contribution in [0.25, 0.3) is 0 Å². The van der Waals surface area contributed by atoms with Gasteiger partial charge in [0.25, 0.3) is 0 Å². The second kappa shape index (κ2) is 7.81. The number of hydrogen-bond donors (Lipinski definition) is 0. The van der Waals surface area contributed by atoms with Crippen LogP contribution in [0.4, 0.5) is 5.69 Å². The van der Waals surface area contributed by atoms with Gasteiger partial charge < -0.3 is 14.5 Å². The van der Waals surface area contributed by atoms with E-state index in [4.69, 9.17) is 4.74 Å². The molecule has 3 aliphatic rings. The fourth-order valence-corrected chi connectivity index (χ4v) is 4.80. The van der Waals surface area contributed by atoms with Gasteiger partial charge in [-0.05, 0) is 25.0 Å². The monoisotopic (exact) mass is 406 g/mol. The Hall–Kier alpha value is -2.77. The molecule has 1 spiro atoms. The van der Waals surface area contributed by atoms with E-state index in [-0.39, 0.29) is 36.6 Å². The van der Waals surface area contributed by atoms with Gasteiger partial charge in [0.1, 0.15) is 6.23 Å². The highest BCUT2D eigenvalue weighted by Gasteiger charge is 2.50. The van der Waals surface area contributed by atoms with Gasteiger partial charge in [0, 0.05) is 43.3 Å². The molecule has 3 saturated heterocycles. The number of amides is 1. The van der Waals surface area contributed by atoms with Gasteiger partial charge in [-0.1, -0.05) is 30.3 Å². The summed E-state index contributed by atoms with van der Waals surface area (Å²) in [5.74, 6) is 0.0933. The van der Waals surface area contributed by atoms with Gasteiger partial charge in [-0.25, -0.2) is 0 Å². The summed E-state index contributed by atoms with van der Waals surface area (Å²) in [6.07, 6.45) is 5.14. The Labute approximate surface area is 176 Å². The molecule has 0 N–H and O–H groups in total. The largest absolute Gasteiger partial charge is 0.371 e. The number of benzene rings is 1. The number of rotatable bonds is 4. The lowest BCUT2D eigenvalue weighted by Gasteiger charge is -2.39. The molecule has 1 aromatic carbocycles. The standard InChI is InChI=1S/C23H26N4O3/c28-20(18-4-2-1-3-5-18)14-25-15-21(29)27-17-23(30-22(27)16-25)8-12-26(13-9-23)19-6-10-24-11-7-19/h1-7,10-11,22H,8-9,12-17H2. The summed E-state index contributed by atoms with van der Waals surface area (Å²) >= 11 is 0. The van der Waals surface area contributed by atoms with Crippen LogP contribution in [0.1, 0.15) is 23.2 Å². The van der Waals surface area contributed by atoms with Gasteiger partial charge in [0.15, 0.2) is 5.78 Å². The number of ketones is 1. The van der Waals surface area contributed by atoms with Gasteiger partial charge in [-0.15, -0.1) is 0 Å². The summed E-state index contributed by atoms with van der Waals surface area (Å²) in [4.78, 5) is 35.6. The average Bonchev–Trinajstić information content (AvgIpc) is 3.14. The summed E-state index contributed by atoms with van der Waals surface area (Å²) in [6.45, 7) is 3.55. The molecule has 1 atom stereocenters. The van der Waals surface area contributed by atoms with E-state index in [1.807, 2.05) is 64.7 Å². The van der Waals surface area contributed by atoms with Crippen molar-refractivity contribution in [1.29, 1.82) is 0 Å². The maximum Gasteiger partial charge on any atom is 0.238 e. The number of pyridine rings is 1. The van der Waals surface area contributed by atoms with Crippen LogP contribution in [0.5, 0.6) is 0 Å². The van der Waals surface area contributed by atoms with Crippen LogP contribution in [-0.2, 0) is 9.53 Å². The van der Waals surface area contributed by atoms with Gasteiger partial charge in [0.05, 0.1) is 25.2 Å². The predicted octanol–water partition coefficient (Wildman–Crippen LogP) is 1.80. The smallest absolute Gasteiger partial charge is 0.238 e. The molecule has 3 fully saturated rings. The number of aromatic nitrogens is 1. The maximum atomic E-state index is 12.8. The van der Waals surface area contributed by atoms with E-state index in [1.54, 1.807) is 0 Å². The Bertz CT molecular complexity index is 913. The highest BCUT2D eigenvalue weighted by Crippen LogP contribution is 2.38. The summed E-state index contributed by atoms with van der Waals surface area (Å²) < 4.78 is 6.48. The number of anilines is 1. The molecule has 30 heavy (non-hydrogen) atoms. The lowest BCUT2D eigenvalue weighted by molar-refractivity contribution is -0.148. The van der Waals surface area contributed by atoms with Crippen LogP contribution in [0.3, 0.4) is 0 Å². The number of fused-ring (bicyclic) bond motifs is 1. The summed E-state index contributed by atoms with van der Waals surface area (Å²) in [5.41, 5.74) is 1.58. The fourth-order valence-electron chi connectivity index (χ4n) is 4.80. The van der Waals surface area contributed by atoms with Crippen LogP contribution < -0.4 is 4.90 Å². The number of piperidine rings is 1. The van der Waals surface area contributed by atoms with E-state index in [9.17, 15) is 9.59 Å². The Morgan fingerprint density at radius 2 is 1.83 bits per heavy atom. The second-order valence-electron chi connectivity index (χ2n) is 8.43. The quantitative estimate of drug-likeness (QED) is 0.722. The molecule has 4 heterocycles. The Morgan fingerprint density at radius 1 is 1.10 bits per heavy atom. The van der Waals surface area contributed by atoms with Crippen molar-refractivity contribution in [3.63, 3.8) is 0 Å². The van der Waals surface area contributed by atoms with E-state index >= 15 is 0 Å². The van der Waals surface area contributed by atoms with Crippen LogP contribution in [-0.4, -0.2) is 77.6 Å². The molecule has 1 unspecified atom stereocenters. The first kappa shape index (κ1) is 19.2. The van der Waals surface area contributed by atoms with Crippen molar-refractivity contribution < 1.29 is 14.3 Å². The zero-order valence-corrected chi connectivity index (χ0v) is 16.9. The third kappa shape index (κ3) is 3.70. The van der Waals surface area contributed by atoms with Gasteiger partial charge in [-0.3, -0.25) is 19.5 Å². The van der Waals surface area contributed by atoms with Crippen LogP contribution in [0, 0.1) is 0 Å². The third-order valence-electron chi connectivity index (χ3n) is 6.45. The summed E-state index contributed by atoms with van der Waals surface area (Å²) in [5, 5.41) is 0. The van der Waals surface area contributed by atoms with E-state index < -0.39 is 0 Å². The molecular formula is C23H26N4O3. The van der Waals surface area contributed by atoms with Crippen LogP contribution >= 0.6 is 0 Å². The number of Topliss-reactive ketones (excluding diaryl/α,β-unsaturated/α-hetero) is 1. The normalized spacial score (nSPS) is 23.6. The Balaban J connectivity index is 1.21. The molecule has 1 amide bonds. The summed E-state index contributed by atoms with van der Waals surface area (Å²) in [6, 6.07) is 13.3. The molecule has 2 aromatic rings. The number of nitrogens with zero attached hydrogens (tertiary/aromatic N) is 4. The van der Waals surface area contributed by atoms with Crippen molar-refractivity contribution in [3.05, 3.63) is 60.4 Å². The second-order valence-corrected chi connectivity index (χ2v) is 8.43. The lowest BCUT2D eigenvalue weighted by Crippen LogP contribution is -2.55. The average molecular weight is 406 g/mol. The first-order valence-electron chi connectivity index (χ1n) is 10.5. The molecule has 3 aliphatic heterocycles. The van der Waals surface area contributed by atoms with Crippen molar-refractivity contribution in [2.75, 3.05) is 44.2 Å². The fraction of sp³-hybridized carbons (Fsp3) is 0.435. The minimum Gasteiger partial charge on any atom is -0.371 e. The number of carbonyl (C=O) groups is 2. The lowest BCUT2D eigenvalue weighted by atomic mass is 9.91. The first-order valence-corrected chi connectivity index (χ1v) is 10.5. The van der Waals surface area contributed by atoms with Crippen molar-refractivity contribution in [2.24, 2.45) is 0 Å². The van der Waals surface area contributed by atoms with E-state index in [1.165, 1.54) is 5.69 Å². The van der Waals surface area contributed by atoms with Crippen LogP contribution in [0.15, 0.2) is 54.9 Å². The van der Waals surface area contributed by atoms with Gasteiger partial charge in [-0.2, -0.15) is 0 Å². The number of carbonyl (C=O) groups excluding carboxylic acids is 2. The van der Waals surface area contributed by atoms with E-state index in [0.29, 0.717) is 18.7 Å². The Morgan fingerprint density at radius 3 is 2.57 bits per heavy atom. The van der Waals surface area contributed by atoms with Crippen molar-refractivity contribution >= 4 is 17.4 Å². The molecule has 0 saturated carbocycles. The first-order chi connectivity index (χ1) is 14.6. The molecular weight excluding hydrogens is 380 g/mol. The van der Waals surface area contributed by atoms with Gasteiger partial charge >= 0.3 is 0 Å². The van der Waals surface area contributed by atoms with Crippen molar-refractivity contribution in [1.82, 2.24) is 14.8 Å². The van der Waals surface area contributed by atoms with Crippen molar-refractivity contribution in [3.8, 4) is 0 Å². The molecule has 5 rings (SSSR count). The van der Waals surface area contributed by atoms with Crippen molar-refractivity contribution in [2.45, 2.75) is 24.7 Å². The molecule has 0 aliphatic carbocycles. The SMILES string of the molecule is O=C(CN1CC(=O)N2CC3(CCN(c4ccncc4)CC3)OC2C1)c1ccccc1. The zero-order chi connectivity index (χ0) is 20.6. The highest BCUT2D eigenvalue weighted by molar-refractivity contribution is 5.97. The highest BCUT2D eigenvalue weighted by atomic mass is 16.5. The van der Waals surface area contributed by atoms with Crippen LogP contribution in [0.2, 0.25) is 0 Å². The topological polar surface area (TPSA) is 66.0 Å². The Kier molecular flexibility index (Phi) is 5.00. The van der Waals surface area contributed by atoms with E-state index in [0.717, 1.165) is 25.9 Å². The molecule has 7 heteroatoms. The molecule has 1 aromatic heterocycles. The minimum atomic E-state index is -0.274. The molecule has 0 bridgehead atoms. The number of piperazine rings is 1.